The minimum absolute atomic E-state index is 0.00446. The fourth-order valence-electron chi connectivity index (χ4n) is 16.3. The highest BCUT2D eigenvalue weighted by Crippen LogP contribution is 2.53. The van der Waals surface area contributed by atoms with Crippen molar-refractivity contribution in [3.8, 4) is 90.8 Å². The summed E-state index contributed by atoms with van der Waals surface area (Å²) in [4.78, 5) is 35.3. The third kappa shape index (κ3) is 12.6. The van der Waals surface area contributed by atoms with Crippen molar-refractivity contribution in [2.75, 3.05) is 9.80 Å². The third-order valence-corrected chi connectivity index (χ3v) is 22.3. The average Bonchev–Trinajstić information content (AvgIpc) is 1.26. The van der Waals surface area contributed by atoms with Gasteiger partial charge in [-0.15, -0.1) is 0 Å². The van der Waals surface area contributed by atoms with Crippen molar-refractivity contribution < 1.29 is 31.5 Å². The summed E-state index contributed by atoms with van der Waals surface area (Å²) in [5.41, 5.74) is 7.16. The Kier molecular flexibility index (Phi) is 12.1. The van der Waals surface area contributed by atoms with Crippen LogP contribution in [0, 0.1) is 0 Å². The minimum atomic E-state index is -1.03. The molecule has 0 atom stereocenters. The molecule has 0 aliphatic carbocycles. The molecule has 10 nitrogen and oxygen atoms in total. The molecule has 0 saturated heterocycles. The Hall–Kier alpha value is -13.6. The fraction of sp³-hybridized carbons (Fsp3) is 0.151. The first-order valence-corrected chi connectivity index (χ1v) is 38.9. The minimum Gasteiger partial charge on any atom is -0.311 e. The molecule has 20 rings (SSSR count). The van der Waals surface area contributed by atoms with Gasteiger partial charge in [-0.2, -0.15) is 0 Å². The van der Waals surface area contributed by atoms with E-state index in [-0.39, 0.29) is 95.4 Å². The van der Waals surface area contributed by atoms with E-state index in [9.17, 15) is 21.9 Å². The van der Waals surface area contributed by atoms with E-state index in [0.717, 1.165) is 38.5 Å². The molecule has 6 heterocycles. The highest BCUT2D eigenvalue weighted by Gasteiger charge is 2.46. The zero-order valence-electron chi connectivity index (χ0n) is 89.4. The van der Waals surface area contributed by atoms with E-state index in [1.165, 1.54) is 4.57 Å². The second-order valence-corrected chi connectivity index (χ2v) is 33.9. The summed E-state index contributed by atoms with van der Waals surface area (Å²) in [5.74, 6) is -0.725. The third-order valence-electron chi connectivity index (χ3n) is 22.3. The Morgan fingerprint density at radius 2 is 0.615 bits per heavy atom. The lowest BCUT2D eigenvalue weighted by molar-refractivity contribution is 0.590. The lowest BCUT2D eigenvalue weighted by Crippen LogP contribution is -2.61. The van der Waals surface area contributed by atoms with Crippen LogP contribution in [0.15, 0.2) is 321 Å². The molecule has 0 radical (unpaired) electrons. The van der Waals surface area contributed by atoms with Gasteiger partial charge in [0.25, 0.3) is 6.71 Å². The van der Waals surface area contributed by atoms with Gasteiger partial charge in [-0.05, 0) is 162 Å². The number of benzene rings is 14. The fourth-order valence-corrected chi connectivity index (χ4v) is 16.3. The van der Waals surface area contributed by atoms with Gasteiger partial charge in [-0.25, -0.2) is 29.9 Å². The normalized spacial score (nSPS) is 15.7. The van der Waals surface area contributed by atoms with Gasteiger partial charge in [0.15, 0.2) is 34.9 Å². The first kappa shape index (κ1) is 51.3. The zero-order valence-corrected chi connectivity index (χ0v) is 66.4. The predicted octanol–water partition coefficient (Wildman–Crippen LogP) is 25.2. The topological polar surface area (TPSA) is 93.7 Å². The molecule has 0 bridgehead atoms. The molecule has 14 aromatic carbocycles. The number of fused-ring (bicyclic) bond motifs is 10. The van der Waals surface area contributed by atoms with Crippen molar-refractivity contribution in [2.45, 2.75) is 105 Å². The SMILES string of the molecule is [2H]c1c([2H])c([2H])c(-c2ccc3c(c2)N(c2ccc(C(C)(C)C)cc2-c2nc(-c4ccccc4)nc(-c4ccccc4)n2)c2cc(-n4c5c([2H])c([2H])c([2H])c([2H])c5c5c([2H])c([2H])c([2H])c([2H])c54)cc4c2B3c2ccc(-n3c5ccc(C(C)(C)C)cc5c5cc(C(C)(C)C)ccc53)cc2N4c2ccc(C(C)(C)C)cc2-c2nc(-c3c([2H])c([2H])c([2H])c([2H])c3[2H])nc(-c3c([2H])c([2H])c([2H])c([2H])c3[2H])n2)c([2H])c1[2H]. The predicted molar refractivity (Wildman–Crippen MR) is 489 cm³/mol. The van der Waals surface area contributed by atoms with Gasteiger partial charge < -0.3 is 18.9 Å². The van der Waals surface area contributed by atoms with Gasteiger partial charge >= 0.3 is 0 Å². The molecule has 0 fully saturated rings. The van der Waals surface area contributed by atoms with Crippen LogP contribution < -0.4 is 26.2 Å². The molecule has 0 spiro atoms. The van der Waals surface area contributed by atoms with Gasteiger partial charge in [0, 0.05) is 83.4 Å². The maximum atomic E-state index is 10.3. The highest BCUT2D eigenvalue weighted by atomic mass is 15.2. The van der Waals surface area contributed by atoms with Crippen molar-refractivity contribution in [1.29, 1.82) is 0 Å². The van der Waals surface area contributed by atoms with E-state index in [1.807, 2.05) is 152 Å². The Morgan fingerprint density at radius 1 is 0.256 bits per heavy atom. The van der Waals surface area contributed by atoms with Crippen molar-refractivity contribution in [2.24, 2.45) is 0 Å². The monoisotopic (exact) mass is 1540 g/mol. The first-order valence-electron chi connectivity index (χ1n) is 50.4. The highest BCUT2D eigenvalue weighted by molar-refractivity contribution is 7.00. The van der Waals surface area contributed by atoms with Crippen molar-refractivity contribution in [3.05, 3.63) is 343 Å². The van der Waals surface area contributed by atoms with Crippen LogP contribution in [0.2, 0.25) is 0 Å². The molecular formula is C106H89BN10. The summed E-state index contributed by atoms with van der Waals surface area (Å²) < 4.78 is 222. The van der Waals surface area contributed by atoms with Crippen molar-refractivity contribution >= 4 is 101 Å². The second kappa shape index (κ2) is 27.6. The maximum Gasteiger partial charge on any atom is 0.252 e. The number of nitrogens with zero attached hydrogens (tertiary/aromatic N) is 10. The van der Waals surface area contributed by atoms with Crippen molar-refractivity contribution in [3.63, 3.8) is 0 Å². The molecule has 2 aliphatic heterocycles. The summed E-state index contributed by atoms with van der Waals surface area (Å²) in [7, 11) is 0. The Balaban J connectivity index is 1.02. The number of hydrogen-bond acceptors (Lipinski definition) is 8. The average molecular weight is 1540 g/mol. The van der Waals surface area contributed by atoms with Crippen molar-refractivity contribution in [1.82, 2.24) is 39.0 Å². The largest absolute Gasteiger partial charge is 0.311 e. The first-order chi connectivity index (χ1) is 66.1. The van der Waals surface area contributed by atoms with E-state index >= 15 is 0 Å². The quantitative estimate of drug-likeness (QED) is 0.118. The molecule has 2 aliphatic rings. The second-order valence-electron chi connectivity index (χ2n) is 33.9. The summed E-state index contributed by atoms with van der Waals surface area (Å²) in [6, 6.07) is 42.3. The smallest absolute Gasteiger partial charge is 0.252 e. The summed E-state index contributed by atoms with van der Waals surface area (Å²) in [6.45, 7) is 24.0. The van der Waals surface area contributed by atoms with Gasteiger partial charge in [0.2, 0.25) is 0 Å². The van der Waals surface area contributed by atoms with Gasteiger partial charge in [-0.1, -0.05) is 313 Å². The lowest BCUT2D eigenvalue weighted by atomic mass is 9.33. The summed E-state index contributed by atoms with van der Waals surface area (Å²) in [5, 5.41) is 1.36. The molecule has 566 valence electrons. The Morgan fingerprint density at radius 3 is 1.06 bits per heavy atom. The standard InChI is InChI=1S/C106H89BN10/c1-103(2,3)72-47-54-88-80(59-72)81-60-73(104(4,5)6)48-55-89(81)114(88)76-51-53-85-93(63-76)117(91-57-50-75(106(10,11)12)62-83(91)102-112-99(69-38-24-16-25-39-69)109-100(113-102)70-40-26-17-27-41-70)95-65-77(115-86-44-30-28-42-78(86)79-43-29-31-45-87(79)115)64-94-96(95)107(85)84-52-46-71(66-32-18-13-19-33-66)58-92(84)116(94)90-56-49-74(105(7,8)9)61-82(90)101-110-97(67-34-20-14-21-35-67)108-98(111-101)68-36-22-15-23-37-68/h13-65H,1-12H3/i13D,16D,17D,18D,19D,24D,25D,26D,27D,28D,29D,30D,31D,32D,33D,38D,39D,40D,41D,42D,43D,44D,45D. The van der Waals surface area contributed by atoms with Crippen LogP contribution in [-0.4, -0.2) is 45.8 Å². The van der Waals surface area contributed by atoms with E-state index in [4.69, 9.17) is 39.5 Å². The van der Waals surface area contributed by atoms with Crippen LogP contribution in [0.25, 0.3) is 134 Å². The Labute approximate surface area is 717 Å². The molecular weight excluding hydrogens is 1420 g/mol. The van der Waals surface area contributed by atoms with E-state index < -0.39 is 179 Å². The number of para-hydroxylation sites is 2. The number of hydrogen-bond donors (Lipinski definition) is 0. The Bertz CT molecular complexity index is 8110. The van der Waals surface area contributed by atoms with Crippen LogP contribution in [0.3, 0.4) is 0 Å². The van der Waals surface area contributed by atoms with Gasteiger partial charge in [0.05, 0.1) is 70.7 Å². The zero-order chi connectivity index (χ0) is 100.0. The van der Waals surface area contributed by atoms with E-state index in [0.29, 0.717) is 61.4 Å². The maximum absolute atomic E-state index is 10.3. The van der Waals surface area contributed by atoms with Crippen LogP contribution in [0.1, 0.15) is 137 Å². The van der Waals surface area contributed by atoms with Gasteiger partial charge in [-0.3, -0.25) is 0 Å². The molecule has 117 heavy (non-hydrogen) atoms. The van der Waals surface area contributed by atoms with Crippen LogP contribution >= 0.6 is 0 Å². The van der Waals surface area contributed by atoms with Crippen LogP contribution in [0.4, 0.5) is 34.1 Å². The molecule has 4 aromatic heterocycles. The summed E-state index contributed by atoms with van der Waals surface area (Å²) >= 11 is 0. The summed E-state index contributed by atoms with van der Waals surface area (Å²) in [6.07, 6.45) is 0. The van der Waals surface area contributed by atoms with E-state index in [2.05, 4.69) is 103 Å². The number of aromatic nitrogens is 8. The molecule has 0 unspecified atom stereocenters. The van der Waals surface area contributed by atoms with Crippen LogP contribution in [0.5, 0.6) is 0 Å². The molecule has 0 amide bonds. The molecule has 11 heteroatoms. The molecule has 18 aromatic rings. The van der Waals surface area contributed by atoms with Gasteiger partial charge in [0.1, 0.15) is 0 Å². The van der Waals surface area contributed by atoms with E-state index in [1.54, 1.807) is 24.3 Å². The lowest BCUT2D eigenvalue weighted by Gasteiger charge is -2.45. The molecule has 0 N–H and O–H groups in total. The molecule has 0 saturated carbocycles. The van der Waals surface area contributed by atoms with Crippen LogP contribution in [-0.2, 0) is 21.7 Å². The number of rotatable bonds is 11. The number of anilines is 6.